The van der Waals surface area contributed by atoms with Crippen LogP contribution in [0.3, 0.4) is 0 Å². The zero-order valence-corrected chi connectivity index (χ0v) is 21.5. The van der Waals surface area contributed by atoms with E-state index in [9.17, 15) is 14.7 Å². The molecule has 8 nitrogen and oxygen atoms in total. The SMILES string of the molecule is O=C(C[N+]12CCC(CC1)[C@@H](OC(=O)C(O)(c1ccsc1)C1CCCC1)C2)Nc1ccncn1.[Br-]. The van der Waals surface area contributed by atoms with Crippen molar-refractivity contribution >= 4 is 29.0 Å². The van der Waals surface area contributed by atoms with Gasteiger partial charge >= 0.3 is 5.97 Å². The number of hydrogen-bond acceptors (Lipinski definition) is 7. The third kappa shape index (κ3) is 4.91. The zero-order valence-electron chi connectivity index (χ0n) is 19.1. The van der Waals surface area contributed by atoms with Crippen molar-refractivity contribution < 1.29 is 40.9 Å². The number of quaternary nitrogens is 1. The molecule has 1 unspecified atom stereocenters. The predicted molar refractivity (Wildman–Crippen MR) is 123 cm³/mol. The quantitative estimate of drug-likeness (QED) is 0.363. The van der Waals surface area contributed by atoms with E-state index < -0.39 is 11.6 Å². The number of thiophene rings is 1. The Morgan fingerprint density at radius 2 is 1.97 bits per heavy atom. The number of aliphatic hydroxyl groups is 1. The number of esters is 1. The lowest BCUT2D eigenvalue weighted by Crippen LogP contribution is -3.00. The Balaban J connectivity index is 0.00000274. The van der Waals surface area contributed by atoms with E-state index in [0.29, 0.717) is 29.0 Å². The molecule has 4 fully saturated rings. The summed E-state index contributed by atoms with van der Waals surface area (Å²) in [7, 11) is 0. The van der Waals surface area contributed by atoms with Crippen molar-refractivity contribution in [3.63, 3.8) is 0 Å². The van der Waals surface area contributed by atoms with Gasteiger partial charge in [-0.25, -0.2) is 14.8 Å². The Morgan fingerprint density at radius 1 is 1.21 bits per heavy atom. The minimum atomic E-state index is -1.59. The number of carbonyl (C=O) groups is 2. The molecule has 2 aromatic rings. The number of hydrogen-bond donors (Lipinski definition) is 2. The van der Waals surface area contributed by atoms with Crippen molar-refractivity contribution in [3.8, 4) is 0 Å². The van der Waals surface area contributed by atoms with E-state index in [0.717, 1.165) is 51.6 Å². The highest BCUT2D eigenvalue weighted by atomic mass is 79.9. The molecular weight excluding hydrogens is 520 g/mol. The summed E-state index contributed by atoms with van der Waals surface area (Å²) in [4.78, 5) is 34.2. The molecule has 3 saturated heterocycles. The second-order valence-electron chi connectivity index (χ2n) is 9.81. The number of ether oxygens (including phenoxy) is 1. The smallest absolute Gasteiger partial charge is 0.343 e. The summed E-state index contributed by atoms with van der Waals surface area (Å²) >= 11 is 1.48. The minimum Gasteiger partial charge on any atom is -1.00 e. The average Bonchev–Trinajstić information content (AvgIpc) is 3.54. The van der Waals surface area contributed by atoms with E-state index in [1.807, 2.05) is 16.8 Å². The van der Waals surface area contributed by atoms with Gasteiger partial charge in [0.1, 0.15) is 18.7 Å². The summed E-state index contributed by atoms with van der Waals surface area (Å²) < 4.78 is 6.70. The molecule has 0 radical (unpaired) electrons. The molecule has 2 aromatic heterocycles. The fraction of sp³-hybridized carbons (Fsp3) is 0.583. The van der Waals surface area contributed by atoms with Crippen LogP contribution >= 0.6 is 11.3 Å². The average molecular weight is 552 g/mol. The monoisotopic (exact) mass is 550 g/mol. The van der Waals surface area contributed by atoms with Gasteiger partial charge in [0.05, 0.1) is 13.1 Å². The molecular formula is C24H31BrN4O4S. The molecule has 2 N–H and O–H groups in total. The Labute approximate surface area is 214 Å². The topological polar surface area (TPSA) is 101 Å². The van der Waals surface area contributed by atoms with Gasteiger partial charge in [0, 0.05) is 36.4 Å². The van der Waals surface area contributed by atoms with Gasteiger partial charge in [0.15, 0.2) is 18.2 Å². The first-order chi connectivity index (χ1) is 16.0. The van der Waals surface area contributed by atoms with Crippen molar-refractivity contribution in [3.05, 3.63) is 41.0 Å². The number of fused-ring (bicyclic) bond motifs is 3. The standard InChI is InChI=1S/C24H30N4O4S.BrH/c29-22(27-21-5-9-25-16-26-21)14-28-10-6-17(7-11-28)20(13-28)32-23(30)24(31,18-3-1-2-4-18)19-8-12-33-15-19;/h5,8-9,12,15-18,20,31H,1-4,6-7,10-11,13-14H2;1H/t17?,20-,24?,28?;/m0./s1. The van der Waals surface area contributed by atoms with Crippen LogP contribution in [0.2, 0.25) is 0 Å². The van der Waals surface area contributed by atoms with Crippen LogP contribution in [-0.2, 0) is 19.9 Å². The first-order valence-electron chi connectivity index (χ1n) is 11.9. The summed E-state index contributed by atoms with van der Waals surface area (Å²) in [5.74, 6) is 0.0482. The molecule has 34 heavy (non-hydrogen) atoms. The van der Waals surface area contributed by atoms with E-state index in [-0.39, 0.29) is 40.8 Å². The Kier molecular flexibility index (Phi) is 7.71. The molecule has 2 bridgehead atoms. The van der Waals surface area contributed by atoms with Crippen LogP contribution in [0.4, 0.5) is 5.82 Å². The van der Waals surface area contributed by atoms with Gasteiger partial charge in [-0.3, -0.25) is 4.79 Å². The van der Waals surface area contributed by atoms with Crippen molar-refractivity contribution in [1.29, 1.82) is 0 Å². The summed E-state index contributed by atoms with van der Waals surface area (Å²) in [5, 5.41) is 18.3. The molecule has 3 aliphatic heterocycles. The maximum Gasteiger partial charge on any atom is 0.343 e. The molecule has 5 heterocycles. The third-order valence-corrected chi connectivity index (χ3v) is 8.53. The molecule has 1 saturated carbocycles. The summed E-state index contributed by atoms with van der Waals surface area (Å²) in [5.41, 5.74) is -0.934. The molecule has 0 spiro atoms. The molecule has 0 aromatic carbocycles. The first-order valence-corrected chi connectivity index (χ1v) is 12.8. The molecule has 1 aliphatic carbocycles. The lowest BCUT2D eigenvalue weighted by molar-refractivity contribution is -0.939. The van der Waals surface area contributed by atoms with Crippen LogP contribution in [0, 0.1) is 11.8 Å². The number of carbonyl (C=O) groups excluding carboxylic acids is 2. The van der Waals surface area contributed by atoms with Crippen molar-refractivity contribution in [2.75, 3.05) is 31.5 Å². The molecule has 6 rings (SSSR count). The third-order valence-electron chi connectivity index (χ3n) is 7.85. The van der Waals surface area contributed by atoms with E-state index >= 15 is 0 Å². The Morgan fingerprint density at radius 3 is 2.62 bits per heavy atom. The maximum absolute atomic E-state index is 13.5. The van der Waals surface area contributed by atoms with Gasteiger partial charge < -0.3 is 36.6 Å². The van der Waals surface area contributed by atoms with Gasteiger partial charge in [-0.1, -0.05) is 12.8 Å². The molecule has 4 aliphatic rings. The van der Waals surface area contributed by atoms with Crippen LogP contribution in [0.1, 0.15) is 44.1 Å². The van der Waals surface area contributed by atoms with Gasteiger partial charge in [-0.05, 0) is 35.7 Å². The summed E-state index contributed by atoms with van der Waals surface area (Å²) in [6.45, 7) is 2.72. The Hall–Kier alpha value is -1.88. The van der Waals surface area contributed by atoms with Gasteiger partial charge in [0.2, 0.25) is 0 Å². The summed E-state index contributed by atoms with van der Waals surface area (Å²) in [6, 6.07) is 3.51. The van der Waals surface area contributed by atoms with E-state index in [2.05, 4.69) is 15.3 Å². The minimum absolute atomic E-state index is 0. The fourth-order valence-corrected chi connectivity index (χ4v) is 6.71. The predicted octanol–water partition coefficient (Wildman–Crippen LogP) is -0.289. The van der Waals surface area contributed by atoms with E-state index in [4.69, 9.17) is 4.74 Å². The molecule has 2 atom stereocenters. The van der Waals surface area contributed by atoms with Crippen molar-refractivity contribution in [2.24, 2.45) is 11.8 Å². The lowest BCUT2D eigenvalue weighted by Gasteiger charge is -2.51. The van der Waals surface area contributed by atoms with Crippen LogP contribution in [0.15, 0.2) is 35.4 Å². The number of halogens is 1. The van der Waals surface area contributed by atoms with Crippen LogP contribution in [0.25, 0.3) is 0 Å². The van der Waals surface area contributed by atoms with Gasteiger partial charge in [-0.2, -0.15) is 11.3 Å². The van der Waals surface area contributed by atoms with Crippen molar-refractivity contribution in [1.82, 2.24) is 9.97 Å². The van der Waals surface area contributed by atoms with Gasteiger partial charge in [0.25, 0.3) is 5.91 Å². The Bertz CT molecular complexity index is 978. The molecule has 1 amide bonds. The number of rotatable bonds is 7. The number of aromatic nitrogens is 2. The highest BCUT2D eigenvalue weighted by Gasteiger charge is 2.53. The number of piperidine rings is 3. The fourth-order valence-electron chi connectivity index (χ4n) is 6.00. The van der Waals surface area contributed by atoms with Gasteiger partial charge in [-0.15, -0.1) is 0 Å². The lowest BCUT2D eigenvalue weighted by atomic mass is 9.80. The highest BCUT2D eigenvalue weighted by Crippen LogP contribution is 2.43. The van der Waals surface area contributed by atoms with E-state index in [1.54, 1.807) is 12.3 Å². The van der Waals surface area contributed by atoms with Crippen molar-refractivity contribution in [2.45, 2.75) is 50.2 Å². The number of anilines is 1. The largest absolute Gasteiger partial charge is 1.00 e. The molecule has 10 heteroatoms. The number of nitrogens with zero attached hydrogens (tertiary/aromatic N) is 3. The normalized spacial score (nSPS) is 28.0. The second-order valence-corrected chi connectivity index (χ2v) is 10.6. The molecule has 184 valence electrons. The van der Waals surface area contributed by atoms with E-state index in [1.165, 1.54) is 17.7 Å². The highest BCUT2D eigenvalue weighted by molar-refractivity contribution is 7.08. The van der Waals surface area contributed by atoms with Crippen LogP contribution in [-0.4, -0.2) is 63.7 Å². The summed E-state index contributed by atoms with van der Waals surface area (Å²) in [6.07, 6.45) is 8.27. The number of amides is 1. The van der Waals surface area contributed by atoms with Crippen LogP contribution in [0.5, 0.6) is 0 Å². The zero-order chi connectivity index (χ0) is 22.9. The first kappa shape index (κ1) is 25.2. The number of nitrogens with one attached hydrogen (secondary N) is 1. The van der Waals surface area contributed by atoms with Crippen LogP contribution < -0.4 is 22.3 Å². The second kappa shape index (κ2) is 10.4. The maximum atomic E-state index is 13.5.